The molecule has 0 saturated carbocycles. The van der Waals surface area contributed by atoms with E-state index in [9.17, 15) is 4.79 Å². The van der Waals surface area contributed by atoms with Crippen LogP contribution in [-0.2, 0) is 9.53 Å². The summed E-state index contributed by atoms with van der Waals surface area (Å²) in [5, 5.41) is 4.06. The second kappa shape index (κ2) is 6.38. The van der Waals surface area contributed by atoms with Gasteiger partial charge in [-0.3, -0.25) is 4.79 Å². The Bertz CT molecular complexity index is 294. The highest BCUT2D eigenvalue weighted by Crippen LogP contribution is 2.32. The van der Waals surface area contributed by atoms with Crippen LogP contribution >= 0.6 is 15.9 Å². The molecule has 0 aromatic heterocycles. The maximum absolute atomic E-state index is 12.3. The molecule has 1 saturated heterocycles. The minimum Gasteiger partial charge on any atom is -0.374 e. The molecule has 106 valence electrons. The van der Waals surface area contributed by atoms with Crippen molar-refractivity contribution >= 4 is 21.8 Å². The molecule has 0 aliphatic carbocycles. The molecule has 4 atom stereocenters. The number of carbonyl (C=O) groups is 1. The second-order valence-electron chi connectivity index (χ2n) is 6.25. The maximum atomic E-state index is 12.3. The molecule has 1 amide bonds. The molecule has 1 N–H and O–H groups in total. The van der Waals surface area contributed by atoms with Crippen LogP contribution in [-0.4, -0.2) is 30.0 Å². The largest absolute Gasteiger partial charge is 0.374 e. The Hall–Kier alpha value is -0.0900. The van der Waals surface area contributed by atoms with Crippen molar-refractivity contribution in [2.45, 2.75) is 53.2 Å². The Morgan fingerprint density at radius 1 is 1.28 bits per heavy atom. The molecule has 3 nitrogen and oxygen atoms in total. The van der Waals surface area contributed by atoms with Crippen molar-refractivity contribution in [1.29, 1.82) is 0 Å². The summed E-state index contributed by atoms with van der Waals surface area (Å²) in [6.07, 6.45) is 1.25. The Morgan fingerprint density at radius 3 is 2.33 bits per heavy atom. The van der Waals surface area contributed by atoms with Crippen molar-refractivity contribution in [3.63, 3.8) is 0 Å². The van der Waals surface area contributed by atoms with Crippen molar-refractivity contribution in [2.24, 2.45) is 17.3 Å². The highest BCUT2D eigenvalue weighted by molar-refractivity contribution is 9.09. The summed E-state index contributed by atoms with van der Waals surface area (Å²) >= 11 is 3.45. The van der Waals surface area contributed by atoms with Crippen molar-refractivity contribution in [3.05, 3.63) is 0 Å². The predicted octanol–water partition coefficient (Wildman–Crippen LogP) is 2.97. The molecule has 1 aliphatic heterocycles. The van der Waals surface area contributed by atoms with Gasteiger partial charge in [0.05, 0.1) is 18.1 Å². The van der Waals surface area contributed by atoms with Crippen molar-refractivity contribution in [3.8, 4) is 0 Å². The summed E-state index contributed by atoms with van der Waals surface area (Å²) in [5.74, 6) is 0.418. The van der Waals surface area contributed by atoms with E-state index in [4.69, 9.17) is 4.74 Å². The summed E-state index contributed by atoms with van der Waals surface area (Å²) in [6, 6.07) is 0. The maximum Gasteiger partial charge on any atom is 0.226 e. The van der Waals surface area contributed by atoms with Gasteiger partial charge in [-0.1, -0.05) is 36.7 Å². The van der Waals surface area contributed by atoms with Crippen LogP contribution in [0.2, 0.25) is 0 Å². The summed E-state index contributed by atoms with van der Waals surface area (Å²) in [4.78, 5) is 12.3. The smallest absolute Gasteiger partial charge is 0.226 e. The van der Waals surface area contributed by atoms with E-state index in [0.29, 0.717) is 5.92 Å². The number of nitrogens with one attached hydrogen (secondary N) is 1. The van der Waals surface area contributed by atoms with Crippen LogP contribution in [0.25, 0.3) is 0 Å². The third-order valence-corrected chi connectivity index (χ3v) is 4.45. The monoisotopic (exact) mass is 319 g/mol. The first-order valence-electron chi connectivity index (χ1n) is 6.77. The fraction of sp³-hybridized carbons (Fsp3) is 0.929. The van der Waals surface area contributed by atoms with Crippen LogP contribution in [0.5, 0.6) is 0 Å². The molecule has 4 unspecified atom stereocenters. The van der Waals surface area contributed by atoms with E-state index < -0.39 is 0 Å². The topological polar surface area (TPSA) is 38.3 Å². The van der Waals surface area contributed by atoms with E-state index in [1.165, 1.54) is 0 Å². The third-order valence-electron chi connectivity index (χ3n) is 4.06. The lowest BCUT2D eigenvalue weighted by atomic mass is 9.87. The van der Waals surface area contributed by atoms with Crippen LogP contribution in [0, 0.1) is 17.3 Å². The first-order chi connectivity index (χ1) is 8.28. The molecule has 0 radical (unpaired) electrons. The minimum absolute atomic E-state index is 0.0141. The van der Waals surface area contributed by atoms with Crippen LogP contribution in [0.3, 0.4) is 0 Å². The van der Waals surface area contributed by atoms with Crippen LogP contribution < -0.4 is 5.32 Å². The second-order valence-corrected chi connectivity index (χ2v) is 7.05. The molecule has 0 bridgehead atoms. The highest BCUT2D eigenvalue weighted by Gasteiger charge is 2.41. The molecule has 0 aromatic rings. The average molecular weight is 320 g/mol. The van der Waals surface area contributed by atoms with Crippen LogP contribution in [0.15, 0.2) is 0 Å². The lowest BCUT2D eigenvalue weighted by Gasteiger charge is -2.26. The number of hydrogen-bond donors (Lipinski definition) is 1. The fourth-order valence-electron chi connectivity index (χ4n) is 2.51. The van der Waals surface area contributed by atoms with E-state index in [0.717, 1.165) is 18.3 Å². The minimum atomic E-state index is -0.0141. The summed E-state index contributed by atoms with van der Waals surface area (Å²) in [5.41, 5.74) is 0.136. The van der Waals surface area contributed by atoms with Crippen molar-refractivity contribution in [1.82, 2.24) is 5.32 Å². The van der Waals surface area contributed by atoms with Gasteiger partial charge in [-0.25, -0.2) is 0 Å². The Morgan fingerprint density at radius 2 is 1.89 bits per heavy atom. The zero-order valence-electron chi connectivity index (χ0n) is 12.1. The first kappa shape index (κ1) is 16.0. The predicted molar refractivity (Wildman–Crippen MR) is 77.9 cm³/mol. The van der Waals surface area contributed by atoms with Gasteiger partial charge < -0.3 is 10.1 Å². The highest BCUT2D eigenvalue weighted by atomic mass is 79.9. The zero-order chi connectivity index (χ0) is 13.9. The number of hydrogen-bond acceptors (Lipinski definition) is 2. The van der Waals surface area contributed by atoms with Crippen LogP contribution in [0.4, 0.5) is 0 Å². The number of rotatable bonds is 5. The average Bonchev–Trinajstić information content (AvgIpc) is 2.50. The zero-order valence-corrected chi connectivity index (χ0v) is 13.7. The molecule has 1 rings (SSSR count). The lowest BCUT2D eigenvalue weighted by Crippen LogP contribution is -2.41. The SMILES string of the molecule is CC1OC(C)C(C(=O)NCC(C)(C)CCBr)C1C. The third kappa shape index (κ3) is 3.95. The fourth-order valence-corrected chi connectivity index (χ4v) is 3.58. The summed E-state index contributed by atoms with van der Waals surface area (Å²) in [7, 11) is 0. The molecule has 0 aromatic carbocycles. The Labute approximate surface area is 119 Å². The van der Waals surface area contributed by atoms with Crippen molar-refractivity contribution < 1.29 is 9.53 Å². The van der Waals surface area contributed by atoms with Crippen molar-refractivity contribution in [2.75, 3.05) is 11.9 Å². The molecule has 1 fully saturated rings. The van der Waals surface area contributed by atoms with Gasteiger partial charge in [0.1, 0.15) is 0 Å². The number of ether oxygens (including phenoxy) is 1. The van der Waals surface area contributed by atoms with Gasteiger partial charge in [-0.15, -0.1) is 0 Å². The van der Waals surface area contributed by atoms with Gasteiger partial charge in [0.15, 0.2) is 0 Å². The van der Waals surface area contributed by atoms with E-state index in [1.54, 1.807) is 0 Å². The Balaban J connectivity index is 2.51. The molecule has 1 aliphatic rings. The van der Waals surface area contributed by atoms with Crippen LogP contribution in [0.1, 0.15) is 41.0 Å². The summed E-state index contributed by atoms with van der Waals surface area (Å²) < 4.78 is 5.72. The molecule has 0 spiro atoms. The molecular weight excluding hydrogens is 294 g/mol. The number of halogens is 1. The van der Waals surface area contributed by atoms with E-state index >= 15 is 0 Å². The number of carbonyl (C=O) groups excluding carboxylic acids is 1. The van der Waals surface area contributed by atoms with Gasteiger partial charge in [-0.05, 0) is 31.6 Å². The lowest BCUT2D eigenvalue weighted by molar-refractivity contribution is -0.127. The quantitative estimate of drug-likeness (QED) is 0.791. The van der Waals surface area contributed by atoms with E-state index in [-0.39, 0.29) is 29.4 Å². The molecule has 1 heterocycles. The van der Waals surface area contributed by atoms with Gasteiger partial charge in [0, 0.05) is 11.9 Å². The Kier molecular flexibility index (Phi) is 5.66. The number of alkyl halides is 1. The first-order valence-corrected chi connectivity index (χ1v) is 7.90. The van der Waals surface area contributed by atoms with Gasteiger partial charge in [0.25, 0.3) is 0 Å². The molecular formula is C14H26BrNO2. The van der Waals surface area contributed by atoms with Gasteiger partial charge in [-0.2, -0.15) is 0 Å². The standard InChI is InChI=1S/C14H26BrNO2/c1-9-10(2)18-11(3)12(9)13(17)16-8-14(4,5)6-7-15/h9-12H,6-8H2,1-5H3,(H,16,17). The van der Waals surface area contributed by atoms with Gasteiger partial charge >= 0.3 is 0 Å². The summed E-state index contributed by atoms with van der Waals surface area (Å²) in [6.45, 7) is 11.2. The van der Waals surface area contributed by atoms with E-state index in [1.807, 2.05) is 13.8 Å². The molecule has 4 heteroatoms. The number of amides is 1. The molecule has 18 heavy (non-hydrogen) atoms. The van der Waals surface area contributed by atoms with E-state index in [2.05, 4.69) is 42.0 Å². The normalized spacial score (nSPS) is 32.6. The van der Waals surface area contributed by atoms with Gasteiger partial charge in [0.2, 0.25) is 5.91 Å².